The Labute approximate surface area is 111 Å². The number of carbonyl (C=O) groups is 1. The molecule has 0 amide bonds. The van der Waals surface area contributed by atoms with Crippen molar-refractivity contribution in [3.05, 3.63) is 0 Å². The zero-order valence-corrected chi connectivity index (χ0v) is 12.7. The van der Waals surface area contributed by atoms with Crippen molar-refractivity contribution in [2.45, 2.75) is 53.1 Å². The predicted molar refractivity (Wildman–Crippen MR) is 71.7 cm³/mol. The molecular weight excluding hydrogens is 319 g/mol. The molecule has 0 N–H and O–H groups in total. The van der Waals surface area contributed by atoms with Crippen LogP contribution in [-0.2, 0) is 9.47 Å². The van der Waals surface area contributed by atoms with E-state index in [9.17, 15) is 4.79 Å². The third-order valence-electron chi connectivity index (χ3n) is 2.95. The highest BCUT2D eigenvalue weighted by molar-refractivity contribution is 14.1. The molecule has 1 rings (SSSR count). The van der Waals surface area contributed by atoms with Crippen molar-refractivity contribution in [2.24, 2.45) is 10.8 Å². The quantitative estimate of drug-likeness (QED) is 0.431. The lowest BCUT2D eigenvalue weighted by atomic mass is 9.64. The summed E-state index contributed by atoms with van der Waals surface area (Å²) >= 11 is 1.99. The average molecular weight is 340 g/mol. The molecule has 94 valence electrons. The molecule has 0 bridgehead atoms. The number of halogens is 1. The average Bonchev–Trinajstić information content (AvgIpc) is 1.96. The highest BCUT2D eigenvalue weighted by Crippen LogP contribution is 2.46. The Balaban J connectivity index is 2.57. The Bertz CT molecular complexity index is 245. The predicted octanol–water partition coefficient (Wildman–Crippen LogP) is 4.14. The van der Waals surface area contributed by atoms with Gasteiger partial charge in [0.05, 0.1) is 0 Å². The minimum Gasteiger partial charge on any atom is -0.431 e. The summed E-state index contributed by atoms with van der Waals surface area (Å²) in [6.45, 7) is 8.92. The van der Waals surface area contributed by atoms with E-state index in [1.54, 1.807) is 0 Å². The molecule has 0 radical (unpaired) electrons. The van der Waals surface area contributed by atoms with Gasteiger partial charge >= 0.3 is 6.16 Å². The summed E-state index contributed by atoms with van der Waals surface area (Å²) in [5, 5.41) is 0. The fourth-order valence-corrected chi connectivity index (χ4v) is 3.30. The fourth-order valence-electron chi connectivity index (χ4n) is 3.04. The molecule has 0 aromatic heterocycles. The zero-order valence-electron chi connectivity index (χ0n) is 10.5. The van der Waals surface area contributed by atoms with Crippen LogP contribution in [0.2, 0.25) is 0 Å². The van der Waals surface area contributed by atoms with Crippen molar-refractivity contribution in [1.82, 2.24) is 0 Å². The minimum atomic E-state index is -0.534. The standard InChI is InChI=1S/C12H21IO3/c1-11(2)5-9(6-12(3,4)7-11)16-10(14)15-8-13/h9H,5-8H2,1-4H3. The molecule has 0 heterocycles. The first kappa shape index (κ1) is 14.1. The summed E-state index contributed by atoms with van der Waals surface area (Å²) in [6.07, 6.45) is 2.47. The van der Waals surface area contributed by atoms with Gasteiger partial charge in [-0.05, 0) is 52.7 Å². The number of alkyl halides is 1. The Morgan fingerprint density at radius 2 is 1.75 bits per heavy atom. The van der Waals surface area contributed by atoms with Gasteiger partial charge in [-0.3, -0.25) is 0 Å². The van der Waals surface area contributed by atoms with Crippen LogP contribution in [0.5, 0.6) is 0 Å². The number of hydrogen-bond donors (Lipinski definition) is 0. The van der Waals surface area contributed by atoms with E-state index in [-0.39, 0.29) is 16.9 Å². The summed E-state index contributed by atoms with van der Waals surface area (Å²) in [5.41, 5.74) is 0.466. The van der Waals surface area contributed by atoms with Gasteiger partial charge in [-0.2, -0.15) is 0 Å². The van der Waals surface area contributed by atoms with Crippen molar-refractivity contribution in [3.8, 4) is 0 Å². The van der Waals surface area contributed by atoms with Gasteiger partial charge in [-0.15, -0.1) is 0 Å². The molecule has 0 spiro atoms. The number of hydrogen-bond acceptors (Lipinski definition) is 3. The first-order chi connectivity index (χ1) is 7.24. The second kappa shape index (κ2) is 5.10. The lowest BCUT2D eigenvalue weighted by Gasteiger charge is -2.44. The lowest BCUT2D eigenvalue weighted by molar-refractivity contribution is -0.0361. The van der Waals surface area contributed by atoms with Gasteiger partial charge < -0.3 is 9.47 Å². The summed E-state index contributed by atoms with van der Waals surface area (Å²) in [5.74, 6) is 0. The van der Waals surface area contributed by atoms with Crippen LogP contribution in [0.3, 0.4) is 0 Å². The molecule has 3 nitrogen and oxygen atoms in total. The van der Waals surface area contributed by atoms with Crippen molar-refractivity contribution >= 4 is 28.7 Å². The Morgan fingerprint density at radius 1 is 1.25 bits per heavy atom. The van der Waals surface area contributed by atoms with Gasteiger partial charge in [0.15, 0.2) is 0 Å². The molecule has 0 aliphatic heterocycles. The van der Waals surface area contributed by atoms with Crippen LogP contribution in [-0.4, -0.2) is 16.9 Å². The van der Waals surface area contributed by atoms with Crippen molar-refractivity contribution in [1.29, 1.82) is 0 Å². The Morgan fingerprint density at radius 3 is 2.19 bits per heavy atom. The van der Waals surface area contributed by atoms with E-state index in [1.165, 1.54) is 6.42 Å². The SMILES string of the molecule is CC1(C)CC(OC(=O)OCI)CC(C)(C)C1. The van der Waals surface area contributed by atoms with Crippen LogP contribution in [0.4, 0.5) is 4.79 Å². The maximum atomic E-state index is 11.3. The molecule has 16 heavy (non-hydrogen) atoms. The number of ether oxygens (including phenoxy) is 2. The number of carbonyl (C=O) groups excluding carboxylic acids is 1. The first-order valence-electron chi connectivity index (χ1n) is 5.63. The zero-order chi connectivity index (χ0) is 12.4. The van der Waals surface area contributed by atoms with Crippen LogP contribution in [0, 0.1) is 10.8 Å². The maximum Gasteiger partial charge on any atom is 0.509 e. The Kier molecular flexibility index (Phi) is 4.49. The smallest absolute Gasteiger partial charge is 0.431 e. The van der Waals surface area contributed by atoms with E-state index in [4.69, 9.17) is 9.47 Å². The van der Waals surface area contributed by atoms with Gasteiger partial charge in [0.1, 0.15) is 10.7 Å². The van der Waals surface area contributed by atoms with Crippen LogP contribution in [0.1, 0.15) is 47.0 Å². The minimum absolute atomic E-state index is 0.00537. The first-order valence-corrected chi connectivity index (χ1v) is 7.16. The molecule has 0 saturated heterocycles. The van der Waals surface area contributed by atoms with E-state index < -0.39 is 6.16 Å². The highest BCUT2D eigenvalue weighted by atomic mass is 127. The molecule has 1 aliphatic carbocycles. The van der Waals surface area contributed by atoms with E-state index in [2.05, 4.69) is 27.7 Å². The molecule has 0 unspecified atom stereocenters. The Hall–Kier alpha value is 0. The summed E-state index contributed by atoms with van der Waals surface area (Å²) < 4.78 is 10.5. The summed E-state index contributed by atoms with van der Waals surface area (Å²) in [6, 6.07) is 0. The second-order valence-corrected chi connectivity index (χ2v) is 6.78. The van der Waals surface area contributed by atoms with Crippen molar-refractivity contribution < 1.29 is 14.3 Å². The maximum absolute atomic E-state index is 11.3. The lowest BCUT2D eigenvalue weighted by Crippen LogP contribution is -2.38. The van der Waals surface area contributed by atoms with E-state index in [0.29, 0.717) is 4.61 Å². The number of rotatable bonds is 2. The topological polar surface area (TPSA) is 35.5 Å². The molecule has 0 atom stereocenters. The van der Waals surface area contributed by atoms with Gasteiger partial charge in [-0.25, -0.2) is 4.79 Å². The fraction of sp³-hybridized carbons (Fsp3) is 0.917. The molecule has 1 aliphatic rings. The third kappa shape index (κ3) is 4.47. The van der Waals surface area contributed by atoms with Crippen molar-refractivity contribution in [3.63, 3.8) is 0 Å². The molecule has 0 aromatic rings. The van der Waals surface area contributed by atoms with Crippen LogP contribution < -0.4 is 0 Å². The van der Waals surface area contributed by atoms with Gasteiger partial charge in [0.2, 0.25) is 0 Å². The second-order valence-electron chi connectivity index (χ2n) is 6.16. The molecule has 4 heteroatoms. The highest BCUT2D eigenvalue weighted by Gasteiger charge is 2.40. The normalized spacial score (nSPS) is 23.8. The molecule has 1 saturated carbocycles. The van der Waals surface area contributed by atoms with E-state index in [0.717, 1.165) is 12.8 Å². The molecule has 0 aromatic carbocycles. The van der Waals surface area contributed by atoms with Gasteiger partial charge in [0, 0.05) is 0 Å². The molecule has 1 fully saturated rings. The van der Waals surface area contributed by atoms with Crippen LogP contribution in [0.15, 0.2) is 0 Å². The summed E-state index contributed by atoms with van der Waals surface area (Å²) in [4.78, 5) is 11.3. The van der Waals surface area contributed by atoms with Crippen LogP contribution >= 0.6 is 22.6 Å². The monoisotopic (exact) mass is 340 g/mol. The van der Waals surface area contributed by atoms with Gasteiger partial charge in [0.25, 0.3) is 0 Å². The van der Waals surface area contributed by atoms with Crippen molar-refractivity contribution in [2.75, 3.05) is 4.61 Å². The largest absolute Gasteiger partial charge is 0.509 e. The molecular formula is C12H21IO3. The van der Waals surface area contributed by atoms with E-state index in [1.807, 2.05) is 22.6 Å². The van der Waals surface area contributed by atoms with E-state index >= 15 is 0 Å². The third-order valence-corrected chi connectivity index (χ3v) is 3.26. The summed E-state index contributed by atoms with van der Waals surface area (Å²) in [7, 11) is 0. The van der Waals surface area contributed by atoms with Crippen LogP contribution in [0.25, 0.3) is 0 Å². The van der Waals surface area contributed by atoms with Gasteiger partial charge in [-0.1, -0.05) is 27.7 Å².